The summed E-state index contributed by atoms with van der Waals surface area (Å²) in [6.07, 6.45) is 2.55. The van der Waals surface area contributed by atoms with Crippen LogP contribution in [0, 0.1) is 0 Å². The van der Waals surface area contributed by atoms with E-state index in [-0.39, 0.29) is 0 Å². The van der Waals surface area contributed by atoms with E-state index in [1.54, 1.807) is 12.1 Å². The number of anilines is 4. The Morgan fingerprint density at radius 3 is 2.10 bits per heavy atom. The van der Waals surface area contributed by atoms with Crippen LogP contribution in [0.4, 0.5) is 22.7 Å². The van der Waals surface area contributed by atoms with Crippen molar-refractivity contribution < 1.29 is 0 Å². The molecule has 0 aliphatic carbocycles. The van der Waals surface area contributed by atoms with Gasteiger partial charge in [-0.1, -0.05) is 23.2 Å². The molecule has 1 saturated heterocycles. The van der Waals surface area contributed by atoms with Gasteiger partial charge in [0.15, 0.2) is 0 Å². The van der Waals surface area contributed by atoms with Crippen LogP contribution >= 0.6 is 23.2 Å². The summed E-state index contributed by atoms with van der Waals surface area (Å²) in [6, 6.07) is 11.7. The van der Waals surface area contributed by atoms with E-state index in [4.69, 9.17) is 28.9 Å². The van der Waals surface area contributed by atoms with E-state index in [1.807, 2.05) is 12.1 Å². The zero-order valence-corrected chi connectivity index (χ0v) is 13.1. The molecule has 1 heterocycles. The van der Waals surface area contributed by atoms with Gasteiger partial charge in [0, 0.05) is 30.2 Å². The van der Waals surface area contributed by atoms with Crippen LogP contribution in [0.5, 0.6) is 0 Å². The van der Waals surface area contributed by atoms with Gasteiger partial charge in [0.2, 0.25) is 0 Å². The summed E-state index contributed by atoms with van der Waals surface area (Å²) in [5, 5.41) is 4.28. The van der Waals surface area contributed by atoms with E-state index in [9.17, 15) is 0 Å². The van der Waals surface area contributed by atoms with Gasteiger partial charge in [-0.25, -0.2) is 0 Å². The number of nitrogen functional groups attached to an aromatic ring is 1. The number of nitrogens with two attached hydrogens (primary N) is 1. The fraction of sp³-hybridized carbons (Fsp3) is 0.250. The van der Waals surface area contributed by atoms with Gasteiger partial charge in [-0.2, -0.15) is 0 Å². The summed E-state index contributed by atoms with van der Waals surface area (Å²) in [4.78, 5) is 2.40. The minimum Gasteiger partial charge on any atom is -0.399 e. The van der Waals surface area contributed by atoms with Gasteiger partial charge in [0.05, 0.1) is 15.7 Å². The average Bonchev–Trinajstić information content (AvgIpc) is 2.97. The van der Waals surface area contributed by atoms with Crippen molar-refractivity contribution in [3.05, 3.63) is 46.4 Å². The first-order valence-corrected chi connectivity index (χ1v) is 7.75. The Morgan fingerprint density at radius 1 is 0.952 bits per heavy atom. The van der Waals surface area contributed by atoms with Crippen LogP contribution in [0.3, 0.4) is 0 Å². The standard InChI is InChI=1S/C16H17Cl2N3/c17-14-9-11(19)10-15(18)16(14)20-12-3-5-13(6-4-12)21-7-1-2-8-21/h3-6,9-10,20H,1-2,7-8,19H2. The summed E-state index contributed by atoms with van der Waals surface area (Å²) >= 11 is 12.4. The molecule has 0 unspecified atom stereocenters. The fourth-order valence-electron chi connectivity index (χ4n) is 2.59. The van der Waals surface area contributed by atoms with Crippen LogP contribution < -0.4 is 16.0 Å². The quantitative estimate of drug-likeness (QED) is 0.788. The second kappa shape index (κ2) is 6.04. The highest BCUT2D eigenvalue weighted by Gasteiger charge is 2.12. The Bertz CT molecular complexity index is 611. The molecule has 2 aromatic carbocycles. The summed E-state index contributed by atoms with van der Waals surface area (Å²) in [6.45, 7) is 2.28. The van der Waals surface area contributed by atoms with Crippen LogP contribution in [0.25, 0.3) is 0 Å². The first-order valence-electron chi connectivity index (χ1n) is 7.00. The molecule has 0 bridgehead atoms. The molecule has 0 radical (unpaired) electrons. The van der Waals surface area contributed by atoms with E-state index in [2.05, 4.69) is 22.3 Å². The number of halogens is 2. The maximum atomic E-state index is 6.18. The van der Waals surface area contributed by atoms with Gasteiger partial charge in [0.25, 0.3) is 0 Å². The molecule has 3 rings (SSSR count). The third-order valence-corrected chi connectivity index (χ3v) is 4.27. The molecule has 0 atom stereocenters. The molecule has 1 aliphatic heterocycles. The molecule has 5 heteroatoms. The first-order chi connectivity index (χ1) is 10.1. The number of rotatable bonds is 3. The monoisotopic (exact) mass is 321 g/mol. The third-order valence-electron chi connectivity index (χ3n) is 3.67. The second-order valence-corrected chi connectivity index (χ2v) is 6.04. The normalized spacial score (nSPS) is 14.5. The Labute approximate surface area is 134 Å². The lowest BCUT2D eigenvalue weighted by Crippen LogP contribution is -2.17. The van der Waals surface area contributed by atoms with E-state index in [1.165, 1.54) is 18.5 Å². The SMILES string of the molecule is Nc1cc(Cl)c(Nc2ccc(N3CCCC3)cc2)c(Cl)c1. The topological polar surface area (TPSA) is 41.3 Å². The fourth-order valence-corrected chi connectivity index (χ4v) is 3.19. The van der Waals surface area contributed by atoms with Crippen LogP contribution in [0.2, 0.25) is 10.0 Å². The van der Waals surface area contributed by atoms with E-state index >= 15 is 0 Å². The Hall–Kier alpha value is -1.58. The molecule has 1 aliphatic rings. The molecule has 110 valence electrons. The van der Waals surface area contributed by atoms with E-state index in [0.29, 0.717) is 21.4 Å². The maximum absolute atomic E-state index is 6.18. The number of hydrogen-bond acceptors (Lipinski definition) is 3. The van der Waals surface area contributed by atoms with Gasteiger partial charge in [-0.3, -0.25) is 0 Å². The van der Waals surface area contributed by atoms with Crippen molar-refractivity contribution in [2.24, 2.45) is 0 Å². The minimum absolute atomic E-state index is 0.517. The van der Waals surface area contributed by atoms with Crippen LogP contribution in [-0.2, 0) is 0 Å². The summed E-state index contributed by atoms with van der Waals surface area (Å²) in [5.41, 5.74) is 9.15. The van der Waals surface area contributed by atoms with Crippen molar-refractivity contribution in [1.82, 2.24) is 0 Å². The molecule has 21 heavy (non-hydrogen) atoms. The number of nitrogens with zero attached hydrogens (tertiary/aromatic N) is 1. The van der Waals surface area contributed by atoms with Gasteiger partial charge in [-0.15, -0.1) is 0 Å². The van der Waals surface area contributed by atoms with Crippen molar-refractivity contribution in [3.8, 4) is 0 Å². The van der Waals surface area contributed by atoms with Crippen LogP contribution in [-0.4, -0.2) is 13.1 Å². The van der Waals surface area contributed by atoms with Crippen molar-refractivity contribution in [2.45, 2.75) is 12.8 Å². The highest BCUT2D eigenvalue weighted by atomic mass is 35.5. The predicted molar refractivity (Wildman–Crippen MR) is 92.0 cm³/mol. The average molecular weight is 322 g/mol. The molecule has 0 spiro atoms. The summed E-state index contributed by atoms with van der Waals surface area (Å²) in [7, 11) is 0. The lowest BCUT2D eigenvalue weighted by Gasteiger charge is -2.18. The molecular formula is C16H17Cl2N3. The van der Waals surface area contributed by atoms with Gasteiger partial charge in [-0.05, 0) is 49.2 Å². The van der Waals surface area contributed by atoms with E-state index in [0.717, 1.165) is 18.8 Å². The third kappa shape index (κ3) is 3.20. The molecule has 0 aromatic heterocycles. The molecule has 3 N–H and O–H groups in total. The molecule has 1 fully saturated rings. The number of benzene rings is 2. The predicted octanol–water partition coefficient (Wildman–Crippen LogP) is 4.92. The van der Waals surface area contributed by atoms with Crippen LogP contribution in [0.15, 0.2) is 36.4 Å². The molecule has 0 amide bonds. The molecule has 2 aromatic rings. The van der Waals surface area contributed by atoms with Gasteiger partial charge >= 0.3 is 0 Å². The summed E-state index contributed by atoms with van der Waals surface area (Å²) < 4.78 is 0. The largest absolute Gasteiger partial charge is 0.399 e. The number of hydrogen-bond donors (Lipinski definition) is 2. The molecular weight excluding hydrogens is 305 g/mol. The second-order valence-electron chi connectivity index (χ2n) is 5.23. The maximum Gasteiger partial charge on any atom is 0.0764 e. The zero-order chi connectivity index (χ0) is 14.8. The van der Waals surface area contributed by atoms with Gasteiger partial charge < -0.3 is 16.0 Å². The van der Waals surface area contributed by atoms with Crippen molar-refractivity contribution in [1.29, 1.82) is 0 Å². The van der Waals surface area contributed by atoms with Crippen molar-refractivity contribution in [2.75, 3.05) is 29.0 Å². The highest BCUT2D eigenvalue weighted by Crippen LogP contribution is 2.35. The number of nitrogens with one attached hydrogen (secondary N) is 1. The van der Waals surface area contributed by atoms with Crippen molar-refractivity contribution in [3.63, 3.8) is 0 Å². The molecule has 0 saturated carbocycles. The zero-order valence-electron chi connectivity index (χ0n) is 11.6. The highest BCUT2D eigenvalue weighted by molar-refractivity contribution is 6.39. The Balaban J connectivity index is 1.79. The Morgan fingerprint density at radius 2 is 1.52 bits per heavy atom. The van der Waals surface area contributed by atoms with Crippen LogP contribution in [0.1, 0.15) is 12.8 Å². The molecule has 3 nitrogen and oxygen atoms in total. The summed E-state index contributed by atoms with van der Waals surface area (Å²) in [5.74, 6) is 0. The van der Waals surface area contributed by atoms with E-state index < -0.39 is 0 Å². The first kappa shape index (κ1) is 14.4. The smallest absolute Gasteiger partial charge is 0.0764 e. The van der Waals surface area contributed by atoms with Gasteiger partial charge in [0.1, 0.15) is 0 Å². The van der Waals surface area contributed by atoms with Crippen molar-refractivity contribution >= 4 is 46.0 Å². The lowest BCUT2D eigenvalue weighted by molar-refractivity contribution is 0.949. The Kier molecular flexibility index (Phi) is 4.13. The lowest BCUT2D eigenvalue weighted by atomic mass is 10.2. The minimum atomic E-state index is 0.517.